The normalized spacial score (nSPS) is 9.90. The molecule has 0 fully saturated rings. The number of nitrogens with one attached hydrogen (secondary N) is 1. The van der Waals surface area contributed by atoms with E-state index in [2.05, 4.69) is 42.6 Å². The molecule has 2 rings (SSSR count). The second-order valence-corrected chi connectivity index (χ2v) is 5.70. The average molecular weight is 296 g/mol. The number of benzene rings is 2. The highest BCUT2D eigenvalue weighted by Crippen LogP contribution is 2.14. The van der Waals surface area contributed by atoms with Crippen LogP contribution >= 0.6 is 11.8 Å². The van der Waals surface area contributed by atoms with Crippen molar-refractivity contribution in [3.05, 3.63) is 65.2 Å². The molecule has 21 heavy (non-hydrogen) atoms. The van der Waals surface area contributed by atoms with Gasteiger partial charge in [-0.25, -0.2) is 0 Å². The summed E-state index contributed by atoms with van der Waals surface area (Å²) < 4.78 is 0. The van der Waals surface area contributed by atoms with Gasteiger partial charge in [-0.15, -0.1) is 11.8 Å². The Bertz CT molecular complexity index is 659. The van der Waals surface area contributed by atoms with E-state index in [0.29, 0.717) is 17.0 Å². The molecule has 1 N–H and O–H groups in total. The van der Waals surface area contributed by atoms with E-state index in [0.717, 1.165) is 5.75 Å². The number of nitrogens with zero attached hydrogens (tertiary/aromatic N) is 1. The minimum absolute atomic E-state index is 0.0535. The van der Waals surface area contributed by atoms with E-state index >= 15 is 0 Å². The number of hydrogen-bond acceptors (Lipinski definition) is 3. The van der Waals surface area contributed by atoms with Gasteiger partial charge in [0, 0.05) is 11.4 Å². The summed E-state index contributed by atoms with van der Waals surface area (Å²) in [6.45, 7) is 2.06. The fourth-order valence-corrected chi connectivity index (χ4v) is 2.60. The molecule has 2 aromatic rings. The Balaban J connectivity index is 1.79. The second kappa shape index (κ2) is 7.51. The molecule has 0 heterocycles. The molecule has 0 unspecified atom stereocenters. The van der Waals surface area contributed by atoms with Crippen molar-refractivity contribution in [3.8, 4) is 6.07 Å². The number of amides is 1. The number of nitriles is 1. The van der Waals surface area contributed by atoms with Crippen LogP contribution in [0.4, 0.5) is 5.69 Å². The fourth-order valence-electron chi connectivity index (χ4n) is 1.81. The van der Waals surface area contributed by atoms with Crippen LogP contribution in [0.3, 0.4) is 0 Å². The number of aryl methyl sites for hydroxylation is 1. The molecule has 0 radical (unpaired) electrons. The maximum atomic E-state index is 11.8. The Morgan fingerprint density at radius 3 is 2.71 bits per heavy atom. The van der Waals surface area contributed by atoms with Crippen LogP contribution in [0.5, 0.6) is 0 Å². The zero-order valence-corrected chi connectivity index (χ0v) is 12.6. The Morgan fingerprint density at radius 2 is 2.00 bits per heavy atom. The van der Waals surface area contributed by atoms with Gasteiger partial charge in [0.1, 0.15) is 0 Å². The molecule has 0 aliphatic rings. The van der Waals surface area contributed by atoms with Gasteiger partial charge >= 0.3 is 0 Å². The third-order valence-electron chi connectivity index (χ3n) is 2.90. The maximum absolute atomic E-state index is 11.8. The van der Waals surface area contributed by atoms with Crippen molar-refractivity contribution in [2.75, 3.05) is 11.1 Å². The number of thioether (sulfide) groups is 1. The smallest absolute Gasteiger partial charge is 0.234 e. The molecule has 0 saturated carbocycles. The van der Waals surface area contributed by atoms with Crippen molar-refractivity contribution in [2.24, 2.45) is 0 Å². The lowest BCUT2D eigenvalue weighted by Crippen LogP contribution is -2.14. The van der Waals surface area contributed by atoms with Crippen LogP contribution in [0.2, 0.25) is 0 Å². The highest BCUT2D eigenvalue weighted by molar-refractivity contribution is 7.99. The fraction of sp³-hybridized carbons (Fsp3) is 0.176. The van der Waals surface area contributed by atoms with Crippen molar-refractivity contribution in [1.82, 2.24) is 0 Å². The first-order valence-electron chi connectivity index (χ1n) is 6.60. The highest BCUT2D eigenvalue weighted by atomic mass is 32.2. The summed E-state index contributed by atoms with van der Waals surface area (Å²) in [6.07, 6.45) is 0. The Morgan fingerprint density at radius 1 is 1.24 bits per heavy atom. The minimum Gasteiger partial charge on any atom is -0.325 e. The molecule has 1 amide bonds. The summed E-state index contributed by atoms with van der Waals surface area (Å²) in [7, 11) is 0. The van der Waals surface area contributed by atoms with E-state index in [1.54, 1.807) is 36.0 Å². The third kappa shape index (κ3) is 4.97. The van der Waals surface area contributed by atoms with Gasteiger partial charge in [-0.2, -0.15) is 5.26 Å². The zero-order valence-electron chi connectivity index (χ0n) is 11.8. The third-order valence-corrected chi connectivity index (χ3v) is 3.90. The Kier molecular flexibility index (Phi) is 5.42. The lowest BCUT2D eigenvalue weighted by atomic mass is 10.2. The number of carbonyl (C=O) groups is 1. The summed E-state index contributed by atoms with van der Waals surface area (Å²) in [4.78, 5) is 11.8. The lowest BCUT2D eigenvalue weighted by Gasteiger charge is -2.06. The Hall–Kier alpha value is -2.25. The quantitative estimate of drug-likeness (QED) is 0.914. The largest absolute Gasteiger partial charge is 0.325 e. The molecule has 106 valence electrons. The lowest BCUT2D eigenvalue weighted by molar-refractivity contribution is -0.113. The van der Waals surface area contributed by atoms with Crippen molar-refractivity contribution in [2.45, 2.75) is 12.7 Å². The highest BCUT2D eigenvalue weighted by Gasteiger charge is 2.03. The first-order chi connectivity index (χ1) is 10.2. The molecule has 3 nitrogen and oxygen atoms in total. The predicted molar refractivity (Wildman–Crippen MR) is 87.1 cm³/mol. The van der Waals surface area contributed by atoms with Crippen LogP contribution in [0.15, 0.2) is 48.5 Å². The monoisotopic (exact) mass is 296 g/mol. The van der Waals surface area contributed by atoms with Gasteiger partial charge in [0.15, 0.2) is 0 Å². The van der Waals surface area contributed by atoms with E-state index in [4.69, 9.17) is 5.26 Å². The van der Waals surface area contributed by atoms with Crippen LogP contribution in [0.1, 0.15) is 16.7 Å². The predicted octanol–water partition coefficient (Wildman–Crippen LogP) is 3.74. The first kappa shape index (κ1) is 15.1. The molecular formula is C17H16N2OS. The van der Waals surface area contributed by atoms with Crippen LogP contribution in [-0.2, 0) is 10.5 Å². The van der Waals surface area contributed by atoms with Gasteiger partial charge in [0.05, 0.1) is 17.4 Å². The summed E-state index contributed by atoms with van der Waals surface area (Å²) in [5, 5.41) is 11.6. The van der Waals surface area contributed by atoms with Gasteiger partial charge < -0.3 is 5.32 Å². The van der Waals surface area contributed by atoms with Crippen LogP contribution in [0, 0.1) is 18.3 Å². The van der Waals surface area contributed by atoms with E-state index < -0.39 is 0 Å². The maximum Gasteiger partial charge on any atom is 0.234 e. The van der Waals surface area contributed by atoms with E-state index in [-0.39, 0.29) is 5.91 Å². The van der Waals surface area contributed by atoms with Crippen LogP contribution in [0.25, 0.3) is 0 Å². The summed E-state index contributed by atoms with van der Waals surface area (Å²) in [6, 6.07) is 17.3. The minimum atomic E-state index is -0.0535. The molecular weight excluding hydrogens is 280 g/mol. The van der Waals surface area contributed by atoms with Crippen molar-refractivity contribution < 1.29 is 4.79 Å². The summed E-state index contributed by atoms with van der Waals surface area (Å²) >= 11 is 1.57. The van der Waals surface area contributed by atoms with Gasteiger partial charge in [-0.1, -0.05) is 35.9 Å². The molecule has 0 bridgehead atoms. The van der Waals surface area contributed by atoms with Gasteiger partial charge in [0.2, 0.25) is 5.91 Å². The van der Waals surface area contributed by atoms with Crippen molar-refractivity contribution in [3.63, 3.8) is 0 Å². The summed E-state index contributed by atoms with van der Waals surface area (Å²) in [5.74, 6) is 1.15. The number of rotatable bonds is 5. The van der Waals surface area contributed by atoms with Gasteiger partial charge in [0.25, 0.3) is 0 Å². The molecule has 0 aliphatic heterocycles. The van der Waals surface area contributed by atoms with Crippen molar-refractivity contribution in [1.29, 1.82) is 5.26 Å². The van der Waals surface area contributed by atoms with Crippen LogP contribution < -0.4 is 5.32 Å². The molecule has 0 aromatic heterocycles. The van der Waals surface area contributed by atoms with Gasteiger partial charge in [-0.05, 0) is 30.7 Å². The second-order valence-electron chi connectivity index (χ2n) is 4.72. The van der Waals surface area contributed by atoms with Gasteiger partial charge in [-0.3, -0.25) is 4.79 Å². The first-order valence-corrected chi connectivity index (χ1v) is 7.76. The van der Waals surface area contributed by atoms with E-state index in [9.17, 15) is 4.79 Å². The van der Waals surface area contributed by atoms with Crippen LogP contribution in [-0.4, -0.2) is 11.7 Å². The number of hydrogen-bond donors (Lipinski definition) is 1. The SMILES string of the molecule is Cc1ccc(CSCC(=O)Nc2cccc(C#N)c2)cc1. The Labute approximate surface area is 129 Å². The number of carbonyl (C=O) groups excluding carboxylic acids is 1. The molecule has 0 spiro atoms. The van der Waals surface area contributed by atoms with E-state index in [1.807, 2.05) is 0 Å². The topological polar surface area (TPSA) is 52.9 Å². The molecule has 4 heteroatoms. The average Bonchev–Trinajstić information content (AvgIpc) is 2.49. The summed E-state index contributed by atoms with van der Waals surface area (Å²) in [5.41, 5.74) is 3.65. The zero-order chi connectivity index (χ0) is 15.1. The van der Waals surface area contributed by atoms with E-state index in [1.165, 1.54) is 11.1 Å². The van der Waals surface area contributed by atoms with Crippen molar-refractivity contribution >= 4 is 23.4 Å². The standard InChI is InChI=1S/C17H16N2OS/c1-13-5-7-14(8-6-13)11-21-12-17(20)19-16-4-2-3-15(9-16)10-18/h2-9H,11-12H2,1H3,(H,19,20). The number of anilines is 1. The molecule has 0 aliphatic carbocycles. The molecule has 2 aromatic carbocycles. The molecule has 0 saturated heterocycles. The molecule has 0 atom stereocenters.